The van der Waals surface area contributed by atoms with Crippen LogP contribution < -0.4 is 10.2 Å². The molecular weight excluding hydrogens is 548 g/mol. The molecule has 3 aromatic carbocycles. The van der Waals surface area contributed by atoms with E-state index in [0.717, 1.165) is 74.6 Å². The Morgan fingerprint density at radius 2 is 1.95 bits per heavy atom. The van der Waals surface area contributed by atoms with Gasteiger partial charge in [0.1, 0.15) is 5.75 Å². The number of thioether (sulfide) groups is 1. The van der Waals surface area contributed by atoms with E-state index in [-0.39, 0.29) is 5.91 Å². The molecule has 0 aliphatic carbocycles. The molecule has 4 aromatic rings. The van der Waals surface area contributed by atoms with Crippen molar-refractivity contribution in [2.24, 2.45) is 5.10 Å². The minimum Gasteiger partial charge on any atom is -0.496 e. The first-order valence-electron chi connectivity index (χ1n) is 12.1. The molecule has 0 atom stereocenters. The molecule has 1 amide bonds. The summed E-state index contributed by atoms with van der Waals surface area (Å²) in [4.78, 5) is 20.5. The first-order chi connectivity index (χ1) is 18.1. The number of carbonyl (C=O) groups excluding carboxylic acids is 1. The van der Waals surface area contributed by atoms with E-state index >= 15 is 0 Å². The lowest BCUT2D eigenvalue weighted by Crippen LogP contribution is -2.32. The maximum Gasteiger partial charge on any atom is 0.272 e. The summed E-state index contributed by atoms with van der Waals surface area (Å²) in [7, 11) is 1.69. The SMILES string of the molecule is COc1ccc(/C=N/NC(=O)c2cc(-c3cccc(Br)c3)nc3ccccc23)cc1CN1CCSCC1. The van der Waals surface area contributed by atoms with Gasteiger partial charge in [0.05, 0.1) is 30.1 Å². The molecule has 37 heavy (non-hydrogen) atoms. The molecule has 5 rings (SSSR count). The number of nitrogens with one attached hydrogen (secondary N) is 1. The Morgan fingerprint density at radius 3 is 2.76 bits per heavy atom. The van der Waals surface area contributed by atoms with Crippen molar-refractivity contribution in [1.29, 1.82) is 0 Å². The largest absolute Gasteiger partial charge is 0.496 e. The maximum atomic E-state index is 13.2. The Morgan fingerprint density at radius 1 is 1.11 bits per heavy atom. The molecule has 0 unspecified atom stereocenters. The third-order valence-electron chi connectivity index (χ3n) is 6.26. The molecule has 6 nitrogen and oxygen atoms in total. The predicted octanol–water partition coefficient (Wildman–Crippen LogP) is 5.99. The van der Waals surface area contributed by atoms with Gasteiger partial charge in [-0.15, -0.1) is 0 Å². The van der Waals surface area contributed by atoms with Crippen LogP contribution in [0, 0.1) is 0 Å². The number of benzene rings is 3. The minimum absolute atomic E-state index is 0.286. The van der Waals surface area contributed by atoms with Crippen molar-refractivity contribution in [3.05, 3.63) is 94.0 Å². The van der Waals surface area contributed by atoms with Gasteiger partial charge in [0.25, 0.3) is 5.91 Å². The van der Waals surface area contributed by atoms with Crippen LogP contribution in [-0.2, 0) is 6.54 Å². The van der Waals surface area contributed by atoms with E-state index in [9.17, 15) is 4.79 Å². The predicted molar refractivity (Wildman–Crippen MR) is 156 cm³/mol. The first kappa shape index (κ1) is 25.4. The number of hydrogen-bond acceptors (Lipinski definition) is 6. The first-order valence-corrected chi connectivity index (χ1v) is 14.0. The lowest BCUT2D eigenvalue weighted by atomic mass is 10.0. The number of halogens is 1. The van der Waals surface area contributed by atoms with E-state index in [1.165, 1.54) is 0 Å². The lowest BCUT2D eigenvalue weighted by Gasteiger charge is -2.26. The quantitative estimate of drug-likeness (QED) is 0.217. The second-order valence-electron chi connectivity index (χ2n) is 8.74. The van der Waals surface area contributed by atoms with Crippen molar-refractivity contribution < 1.29 is 9.53 Å². The third-order valence-corrected chi connectivity index (χ3v) is 7.70. The number of amides is 1. The van der Waals surface area contributed by atoms with Gasteiger partial charge in [-0.25, -0.2) is 10.4 Å². The van der Waals surface area contributed by atoms with Gasteiger partial charge < -0.3 is 4.74 Å². The van der Waals surface area contributed by atoms with Crippen LogP contribution in [0.3, 0.4) is 0 Å². The molecular formula is C29H27BrN4O2S. The van der Waals surface area contributed by atoms with Crippen molar-refractivity contribution >= 4 is 50.7 Å². The van der Waals surface area contributed by atoms with Crippen molar-refractivity contribution in [2.75, 3.05) is 31.7 Å². The second kappa shape index (κ2) is 11.9. The molecule has 1 aliphatic heterocycles. The average molecular weight is 576 g/mol. The summed E-state index contributed by atoms with van der Waals surface area (Å²) in [6.07, 6.45) is 1.67. The molecule has 1 fully saturated rings. The number of nitrogens with zero attached hydrogens (tertiary/aromatic N) is 3. The van der Waals surface area contributed by atoms with E-state index in [0.29, 0.717) is 5.56 Å². The Hall–Kier alpha value is -3.20. The van der Waals surface area contributed by atoms with Crippen LogP contribution >= 0.6 is 27.7 Å². The van der Waals surface area contributed by atoms with Gasteiger partial charge >= 0.3 is 0 Å². The van der Waals surface area contributed by atoms with Crippen molar-refractivity contribution in [3.8, 4) is 17.0 Å². The zero-order chi connectivity index (χ0) is 25.6. The Labute approximate surface area is 229 Å². The molecule has 0 bridgehead atoms. The van der Waals surface area contributed by atoms with E-state index in [2.05, 4.69) is 37.4 Å². The van der Waals surface area contributed by atoms with Crippen molar-refractivity contribution in [3.63, 3.8) is 0 Å². The summed E-state index contributed by atoms with van der Waals surface area (Å²) in [5, 5.41) is 5.05. The van der Waals surface area contributed by atoms with Gasteiger partial charge in [-0.05, 0) is 48.0 Å². The summed E-state index contributed by atoms with van der Waals surface area (Å²) in [5.74, 6) is 2.89. The van der Waals surface area contributed by atoms with E-state index < -0.39 is 0 Å². The fourth-order valence-electron chi connectivity index (χ4n) is 4.39. The number of hydrogen-bond donors (Lipinski definition) is 1. The average Bonchev–Trinajstić information content (AvgIpc) is 2.93. The monoisotopic (exact) mass is 574 g/mol. The molecule has 1 aliphatic rings. The summed E-state index contributed by atoms with van der Waals surface area (Å²) in [6, 6.07) is 23.3. The molecule has 0 saturated carbocycles. The van der Waals surface area contributed by atoms with Crippen molar-refractivity contribution in [1.82, 2.24) is 15.3 Å². The number of ether oxygens (including phenoxy) is 1. The minimum atomic E-state index is -0.286. The Balaban J connectivity index is 1.37. The summed E-state index contributed by atoms with van der Waals surface area (Å²) in [6.45, 7) is 2.98. The smallest absolute Gasteiger partial charge is 0.272 e. The number of pyridine rings is 1. The number of para-hydroxylation sites is 1. The van der Waals surface area contributed by atoms with Gasteiger partial charge in [-0.3, -0.25) is 9.69 Å². The molecule has 1 N–H and O–H groups in total. The highest BCUT2D eigenvalue weighted by Gasteiger charge is 2.15. The van der Waals surface area contributed by atoms with Gasteiger partial charge in [-0.1, -0.05) is 46.3 Å². The fourth-order valence-corrected chi connectivity index (χ4v) is 5.77. The Kier molecular flexibility index (Phi) is 8.18. The zero-order valence-electron chi connectivity index (χ0n) is 20.5. The fraction of sp³-hybridized carbons (Fsp3) is 0.207. The number of fused-ring (bicyclic) bond motifs is 1. The van der Waals surface area contributed by atoms with Crippen molar-refractivity contribution in [2.45, 2.75) is 6.54 Å². The van der Waals surface area contributed by atoms with Gasteiger partial charge in [0.2, 0.25) is 0 Å². The van der Waals surface area contributed by atoms with Gasteiger partial charge in [0.15, 0.2) is 0 Å². The topological polar surface area (TPSA) is 66.8 Å². The van der Waals surface area contributed by atoms with E-state index in [1.54, 1.807) is 13.3 Å². The van der Waals surface area contributed by atoms with E-state index in [4.69, 9.17) is 9.72 Å². The molecule has 0 radical (unpaired) electrons. The molecule has 8 heteroatoms. The molecule has 1 saturated heterocycles. The molecule has 1 aromatic heterocycles. The summed E-state index contributed by atoms with van der Waals surface area (Å²) in [5.41, 5.74) is 7.65. The Bertz CT molecular complexity index is 1450. The maximum absolute atomic E-state index is 13.2. The number of carbonyl (C=O) groups is 1. The second-order valence-corrected chi connectivity index (χ2v) is 10.9. The van der Waals surface area contributed by atoms with Crippen LogP contribution in [0.1, 0.15) is 21.5 Å². The van der Waals surface area contributed by atoms with Crippen LogP contribution in [-0.4, -0.2) is 53.7 Å². The van der Waals surface area contributed by atoms with Crippen LogP contribution in [0.2, 0.25) is 0 Å². The van der Waals surface area contributed by atoms with E-state index in [1.807, 2.05) is 78.5 Å². The number of aromatic nitrogens is 1. The lowest BCUT2D eigenvalue weighted by molar-refractivity contribution is 0.0956. The van der Waals surface area contributed by atoms with Crippen LogP contribution in [0.4, 0.5) is 0 Å². The summed E-state index contributed by atoms with van der Waals surface area (Å²) < 4.78 is 6.54. The highest BCUT2D eigenvalue weighted by molar-refractivity contribution is 9.10. The van der Waals surface area contributed by atoms with Gasteiger partial charge in [-0.2, -0.15) is 16.9 Å². The third kappa shape index (κ3) is 6.21. The number of hydrazone groups is 1. The normalized spacial score (nSPS) is 14.2. The standard InChI is InChI=1S/C29H27BrN4O2S/c1-36-28-10-9-20(15-22(28)19-34-11-13-37-14-12-34)18-31-33-29(35)25-17-27(21-5-4-6-23(30)16-21)32-26-8-3-2-7-24(25)26/h2-10,15-18H,11-14,19H2,1H3,(H,33,35)/b31-18+. The van der Waals surface area contributed by atoms with Crippen LogP contribution in [0.5, 0.6) is 5.75 Å². The highest BCUT2D eigenvalue weighted by Crippen LogP contribution is 2.27. The molecule has 188 valence electrons. The molecule has 0 spiro atoms. The number of rotatable bonds is 7. The van der Waals surface area contributed by atoms with Crippen LogP contribution in [0.15, 0.2) is 82.4 Å². The molecule has 2 heterocycles. The zero-order valence-corrected chi connectivity index (χ0v) is 22.9. The summed E-state index contributed by atoms with van der Waals surface area (Å²) >= 11 is 5.51. The number of methoxy groups -OCH3 is 1. The highest BCUT2D eigenvalue weighted by atomic mass is 79.9. The van der Waals surface area contributed by atoms with Gasteiger partial charge in [0, 0.05) is 52.1 Å². The van der Waals surface area contributed by atoms with Crippen LogP contribution in [0.25, 0.3) is 22.2 Å².